The molecule has 1 N–H and O–H groups in total. The summed E-state index contributed by atoms with van der Waals surface area (Å²) in [5.41, 5.74) is -2.01. The summed E-state index contributed by atoms with van der Waals surface area (Å²) in [6, 6.07) is 1.46. The van der Waals surface area contributed by atoms with Crippen LogP contribution in [0.2, 0.25) is 0 Å². The molecule has 0 fully saturated rings. The Kier molecular flexibility index (Phi) is 4.64. The molecule has 0 saturated heterocycles. The van der Waals surface area contributed by atoms with Crippen LogP contribution in [0.25, 0.3) is 0 Å². The summed E-state index contributed by atoms with van der Waals surface area (Å²) >= 11 is 0.0428. The summed E-state index contributed by atoms with van der Waals surface area (Å²) in [6.45, 7) is 1.18. The number of nitro groups is 2. The second-order valence-corrected chi connectivity index (χ2v) is 5.49. The molecule has 0 atom stereocenters. The van der Waals surface area contributed by atoms with Gasteiger partial charge in [0.15, 0.2) is 0 Å². The van der Waals surface area contributed by atoms with E-state index in [-0.39, 0.29) is 16.9 Å². The molecule has 132 valence electrons. The highest BCUT2D eigenvalue weighted by Crippen LogP contribution is 2.33. The molecule has 2 aromatic rings. The first-order chi connectivity index (χ1) is 11.5. The van der Waals surface area contributed by atoms with E-state index < -0.39 is 49.0 Å². The number of anilines is 1. The van der Waals surface area contributed by atoms with Crippen LogP contribution in [0.4, 0.5) is 29.7 Å². The number of nitrogens with zero attached hydrogens (tertiary/aromatic N) is 4. The Bertz CT molecular complexity index is 881. The van der Waals surface area contributed by atoms with E-state index in [1.165, 1.54) is 6.92 Å². The Morgan fingerprint density at radius 2 is 1.84 bits per heavy atom. The Labute approximate surface area is 139 Å². The van der Waals surface area contributed by atoms with Gasteiger partial charge in [-0.05, 0) is 6.92 Å². The van der Waals surface area contributed by atoms with Gasteiger partial charge in [-0.2, -0.15) is 13.2 Å². The molecule has 0 aliphatic rings. The van der Waals surface area contributed by atoms with Crippen molar-refractivity contribution in [2.24, 2.45) is 0 Å². The number of aromatic nitrogens is 2. The van der Waals surface area contributed by atoms with Crippen molar-refractivity contribution >= 4 is 33.8 Å². The molecule has 1 heterocycles. The highest BCUT2D eigenvalue weighted by molar-refractivity contribution is 7.15. The van der Waals surface area contributed by atoms with Gasteiger partial charge in [0.1, 0.15) is 0 Å². The molecule has 1 aromatic heterocycles. The second kappa shape index (κ2) is 6.39. The molecule has 0 saturated carbocycles. The Balaban J connectivity index is 2.40. The zero-order valence-corrected chi connectivity index (χ0v) is 12.8. The fourth-order valence-corrected chi connectivity index (χ4v) is 2.37. The first kappa shape index (κ1) is 18.2. The lowest BCUT2D eigenvalue weighted by atomic mass is 10.0. The molecular formula is C11H6F3N5O5S. The average Bonchev–Trinajstić information content (AvgIpc) is 2.95. The van der Waals surface area contributed by atoms with Gasteiger partial charge in [-0.25, -0.2) is 0 Å². The summed E-state index contributed by atoms with van der Waals surface area (Å²) in [5.74, 6) is -1.09. The summed E-state index contributed by atoms with van der Waals surface area (Å²) < 4.78 is 37.4. The fraction of sp³-hybridized carbons (Fsp3) is 0.182. The molecule has 0 spiro atoms. The van der Waals surface area contributed by atoms with E-state index in [9.17, 15) is 38.2 Å². The Morgan fingerprint density at radius 3 is 2.32 bits per heavy atom. The van der Waals surface area contributed by atoms with Crippen LogP contribution < -0.4 is 5.32 Å². The van der Waals surface area contributed by atoms with Crippen molar-refractivity contribution in [3.05, 3.63) is 48.5 Å². The largest absolute Gasteiger partial charge is 0.445 e. The van der Waals surface area contributed by atoms with Crippen LogP contribution in [0.5, 0.6) is 0 Å². The molecule has 0 aliphatic heterocycles. The van der Waals surface area contributed by atoms with Crippen LogP contribution in [0.1, 0.15) is 20.9 Å². The molecule has 10 nitrogen and oxygen atoms in total. The highest BCUT2D eigenvalue weighted by atomic mass is 32.1. The molecule has 1 aromatic carbocycles. The number of carbonyl (C=O) groups excluding carboxylic acids is 1. The van der Waals surface area contributed by atoms with Crippen molar-refractivity contribution in [3.8, 4) is 0 Å². The number of non-ortho nitro benzene ring substituents is 1. The molecule has 2 rings (SSSR count). The van der Waals surface area contributed by atoms with Crippen LogP contribution >= 0.6 is 11.3 Å². The van der Waals surface area contributed by atoms with Gasteiger partial charge < -0.3 is 0 Å². The summed E-state index contributed by atoms with van der Waals surface area (Å²) in [6.07, 6.45) is -4.75. The standard InChI is InChI=1S/C11H6F3N5O5S/c1-4-6(2-5(18(21)22)3-7(4)19(23)24)8(20)15-10-17-16-9(25-10)11(12,13)14/h2-3H,1H3,(H,15,17,20). The Morgan fingerprint density at radius 1 is 1.20 bits per heavy atom. The lowest BCUT2D eigenvalue weighted by Crippen LogP contribution is -2.14. The third kappa shape index (κ3) is 3.85. The molecule has 0 radical (unpaired) electrons. The normalized spacial score (nSPS) is 11.2. The minimum absolute atomic E-state index is 0.0428. The topological polar surface area (TPSA) is 141 Å². The molecule has 0 unspecified atom stereocenters. The van der Waals surface area contributed by atoms with E-state index in [1.807, 2.05) is 5.32 Å². The van der Waals surface area contributed by atoms with Crippen molar-refractivity contribution in [2.45, 2.75) is 13.1 Å². The van der Waals surface area contributed by atoms with E-state index in [0.717, 1.165) is 6.07 Å². The minimum Gasteiger partial charge on any atom is -0.296 e. The molecule has 14 heteroatoms. The number of hydrogen-bond acceptors (Lipinski definition) is 8. The third-order valence-electron chi connectivity index (χ3n) is 2.91. The van der Waals surface area contributed by atoms with E-state index in [4.69, 9.17) is 0 Å². The Hall–Kier alpha value is -3.16. The smallest absolute Gasteiger partial charge is 0.296 e. The van der Waals surface area contributed by atoms with E-state index in [2.05, 4.69) is 10.2 Å². The van der Waals surface area contributed by atoms with Gasteiger partial charge >= 0.3 is 6.18 Å². The summed E-state index contributed by atoms with van der Waals surface area (Å²) in [5, 5.41) is 28.0. The first-order valence-corrected chi connectivity index (χ1v) is 6.98. The zero-order valence-electron chi connectivity index (χ0n) is 12.0. The SMILES string of the molecule is Cc1c(C(=O)Nc2nnc(C(F)(F)F)s2)cc([N+](=O)[O-])cc1[N+](=O)[O-]. The summed E-state index contributed by atoms with van der Waals surface area (Å²) in [4.78, 5) is 32.1. The quantitative estimate of drug-likeness (QED) is 0.638. The van der Waals surface area contributed by atoms with Crippen LogP contribution in [0.15, 0.2) is 12.1 Å². The predicted molar refractivity (Wildman–Crippen MR) is 77.4 cm³/mol. The van der Waals surface area contributed by atoms with E-state index >= 15 is 0 Å². The lowest BCUT2D eigenvalue weighted by molar-refractivity contribution is -0.394. The van der Waals surface area contributed by atoms with Crippen molar-refractivity contribution in [2.75, 3.05) is 5.32 Å². The highest BCUT2D eigenvalue weighted by Gasteiger charge is 2.36. The van der Waals surface area contributed by atoms with Gasteiger partial charge in [-0.3, -0.25) is 30.3 Å². The van der Waals surface area contributed by atoms with Crippen molar-refractivity contribution in [1.29, 1.82) is 0 Å². The van der Waals surface area contributed by atoms with Gasteiger partial charge in [0, 0.05) is 11.6 Å². The van der Waals surface area contributed by atoms with Crippen LogP contribution in [0.3, 0.4) is 0 Å². The maximum atomic E-state index is 12.5. The zero-order chi connectivity index (χ0) is 18.9. The van der Waals surface area contributed by atoms with Gasteiger partial charge in [0.2, 0.25) is 10.1 Å². The number of nitrogens with one attached hydrogen (secondary N) is 1. The maximum Gasteiger partial charge on any atom is 0.445 e. The number of benzene rings is 1. The number of hydrogen-bond donors (Lipinski definition) is 1. The molecule has 0 bridgehead atoms. The average molecular weight is 377 g/mol. The number of amides is 1. The van der Waals surface area contributed by atoms with Gasteiger partial charge in [0.25, 0.3) is 17.3 Å². The number of carbonyl (C=O) groups is 1. The van der Waals surface area contributed by atoms with Crippen LogP contribution in [-0.4, -0.2) is 26.0 Å². The van der Waals surface area contributed by atoms with Gasteiger partial charge in [-0.15, -0.1) is 10.2 Å². The molecular weight excluding hydrogens is 371 g/mol. The van der Waals surface area contributed by atoms with Crippen LogP contribution in [-0.2, 0) is 6.18 Å². The maximum absolute atomic E-state index is 12.5. The van der Waals surface area contributed by atoms with Gasteiger partial charge in [0.05, 0.1) is 21.5 Å². The minimum atomic E-state index is -4.75. The fourth-order valence-electron chi connectivity index (χ4n) is 1.77. The number of nitro benzene ring substituents is 2. The van der Waals surface area contributed by atoms with Gasteiger partial charge in [-0.1, -0.05) is 11.3 Å². The molecule has 1 amide bonds. The molecule has 25 heavy (non-hydrogen) atoms. The van der Waals surface area contributed by atoms with Crippen LogP contribution in [0, 0.1) is 27.2 Å². The number of halogens is 3. The van der Waals surface area contributed by atoms with E-state index in [0.29, 0.717) is 6.07 Å². The van der Waals surface area contributed by atoms with Crippen molar-refractivity contribution in [3.63, 3.8) is 0 Å². The second-order valence-electron chi connectivity index (χ2n) is 4.52. The lowest BCUT2D eigenvalue weighted by Gasteiger charge is -2.06. The monoisotopic (exact) mass is 377 g/mol. The first-order valence-electron chi connectivity index (χ1n) is 6.16. The van der Waals surface area contributed by atoms with E-state index in [1.54, 1.807) is 0 Å². The van der Waals surface area contributed by atoms with Crippen molar-refractivity contribution in [1.82, 2.24) is 10.2 Å². The summed E-state index contributed by atoms with van der Waals surface area (Å²) in [7, 11) is 0. The predicted octanol–water partition coefficient (Wildman–Crippen LogP) is 2.93. The number of rotatable bonds is 4. The third-order valence-corrected chi connectivity index (χ3v) is 3.79. The van der Waals surface area contributed by atoms with Crippen molar-refractivity contribution < 1.29 is 27.8 Å². The number of alkyl halides is 3. The molecule has 0 aliphatic carbocycles.